The molecule has 0 aliphatic heterocycles. The zero-order chi connectivity index (χ0) is 14.5. The van der Waals surface area contributed by atoms with Crippen LogP contribution in [0.3, 0.4) is 0 Å². The van der Waals surface area contributed by atoms with Crippen molar-refractivity contribution in [2.45, 2.75) is 64.6 Å². The van der Waals surface area contributed by atoms with Gasteiger partial charge in [-0.05, 0) is 34.8 Å². The molecule has 0 amide bonds. The quantitative estimate of drug-likeness (QED) is 0.874. The van der Waals surface area contributed by atoms with Crippen LogP contribution in [0.25, 0.3) is 0 Å². The molecule has 0 spiro atoms. The Labute approximate surface area is 131 Å². The van der Waals surface area contributed by atoms with Gasteiger partial charge in [0.1, 0.15) is 5.82 Å². The van der Waals surface area contributed by atoms with Crippen molar-refractivity contribution in [1.82, 2.24) is 10.3 Å². The lowest BCUT2D eigenvalue weighted by atomic mass is 9.94. The fourth-order valence-electron chi connectivity index (χ4n) is 2.88. The highest BCUT2D eigenvalue weighted by Gasteiger charge is 2.21. The molecule has 1 fully saturated rings. The van der Waals surface area contributed by atoms with Gasteiger partial charge in [-0.1, -0.05) is 33.1 Å². The maximum atomic E-state index is 4.67. The average Bonchev–Trinajstić information content (AvgIpc) is 2.45. The first-order valence-corrected chi connectivity index (χ1v) is 8.48. The zero-order valence-corrected chi connectivity index (χ0v) is 14.4. The minimum atomic E-state index is 0.488. The lowest BCUT2D eigenvalue weighted by molar-refractivity contribution is 0.425. The molecular formula is C16H26BrN3. The molecule has 1 saturated carbocycles. The largest absolute Gasteiger partial charge is 0.356 e. The molecule has 0 radical (unpaired) electrons. The molecule has 0 aromatic carbocycles. The van der Waals surface area contributed by atoms with E-state index in [2.05, 4.69) is 58.1 Å². The number of rotatable bonds is 5. The summed E-state index contributed by atoms with van der Waals surface area (Å²) in [4.78, 5) is 7.06. The second-order valence-electron chi connectivity index (χ2n) is 6.07. The number of nitrogens with one attached hydrogen (secondary N) is 1. The van der Waals surface area contributed by atoms with E-state index in [0.29, 0.717) is 12.1 Å². The van der Waals surface area contributed by atoms with E-state index >= 15 is 0 Å². The molecule has 3 nitrogen and oxygen atoms in total. The summed E-state index contributed by atoms with van der Waals surface area (Å²) in [5.74, 6) is 1.13. The maximum Gasteiger partial charge on any atom is 0.133 e. The van der Waals surface area contributed by atoms with Gasteiger partial charge < -0.3 is 10.2 Å². The highest BCUT2D eigenvalue weighted by molar-refractivity contribution is 9.10. The number of hydrogen-bond donors (Lipinski definition) is 1. The maximum absolute atomic E-state index is 4.67. The van der Waals surface area contributed by atoms with Crippen LogP contribution in [-0.2, 0) is 6.54 Å². The average molecular weight is 340 g/mol. The summed E-state index contributed by atoms with van der Waals surface area (Å²) in [6.07, 6.45) is 8.60. The van der Waals surface area contributed by atoms with E-state index < -0.39 is 0 Å². The Kier molecular flexibility index (Phi) is 5.85. The van der Waals surface area contributed by atoms with Crippen LogP contribution in [0.4, 0.5) is 5.82 Å². The standard InChI is InChI=1S/C16H26BrN3/c1-12(2)18-10-13-9-14(17)11-19-16(13)20(3)15-7-5-4-6-8-15/h9,11-12,15,18H,4-8,10H2,1-3H3. The molecule has 0 unspecified atom stereocenters. The van der Waals surface area contributed by atoms with Gasteiger partial charge in [-0.15, -0.1) is 0 Å². The smallest absolute Gasteiger partial charge is 0.133 e. The summed E-state index contributed by atoms with van der Waals surface area (Å²) in [6.45, 7) is 5.22. The van der Waals surface area contributed by atoms with Crippen molar-refractivity contribution in [1.29, 1.82) is 0 Å². The molecule has 0 bridgehead atoms. The molecule has 1 aliphatic rings. The van der Waals surface area contributed by atoms with E-state index in [1.807, 2.05) is 6.20 Å². The van der Waals surface area contributed by atoms with Gasteiger partial charge in [0.05, 0.1) is 0 Å². The predicted molar refractivity (Wildman–Crippen MR) is 89.2 cm³/mol. The summed E-state index contributed by atoms with van der Waals surface area (Å²) >= 11 is 3.54. The van der Waals surface area contributed by atoms with Crippen molar-refractivity contribution in [3.8, 4) is 0 Å². The summed E-state index contributed by atoms with van der Waals surface area (Å²) in [5, 5.41) is 3.50. The Balaban J connectivity index is 2.15. The van der Waals surface area contributed by atoms with Crippen LogP contribution in [0.5, 0.6) is 0 Å². The van der Waals surface area contributed by atoms with Crippen molar-refractivity contribution in [2.75, 3.05) is 11.9 Å². The van der Waals surface area contributed by atoms with Crippen molar-refractivity contribution < 1.29 is 0 Å². The minimum absolute atomic E-state index is 0.488. The normalized spacial score (nSPS) is 16.6. The fraction of sp³-hybridized carbons (Fsp3) is 0.688. The van der Waals surface area contributed by atoms with E-state index in [0.717, 1.165) is 16.8 Å². The highest BCUT2D eigenvalue weighted by Crippen LogP contribution is 2.28. The van der Waals surface area contributed by atoms with Gasteiger partial charge in [0.25, 0.3) is 0 Å². The first kappa shape index (κ1) is 15.8. The molecule has 1 N–H and O–H groups in total. The number of aromatic nitrogens is 1. The van der Waals surface area contributed by atoms with Crippen LogP contribution in [0.2, 0.25) is 0 Å². The van der Waals surface area contributed by atoms with Gasteiger partial charge in [-0.25, -0.2) is 4.98 Å². The SMILES string of the molecule is CC(C)NCc1cc(Br)cnc1N(C)C1CCCCC1. The molecule has 1 aromatic heterocycles. The Bertz CT molecular complexity index is 428. The molecule has 2 rings (SSSR count). The van der Waals surface area contributed by atoms with E-state index in [4.69, 9.17) is 0 Å². The van der Waals surface area contributed by atoms with Crippen LogP contribution < -0.4 is 10.2 Å². The molecule has 112 valence electrons. The third kappa shape index (κ3) is 4.19. The lowest BCUT2D eigenvalue weighted by Gasteiger charge is -2.33. The Hall–Kier alpha value is -0.610. The number of halogens is 1. The molecule has 1 aromatic rings. The summed E-state index contributed by atoms with van der Waals surface area (Å²) < 4.78 is 1.05. The first-order valence-electron chi connectivity index (χ1n) is 7.68. The van der Waals surface area contributed by atoms with Gasteiger partial charge in [0, 0.05) is 41.9 Å². The Morgan fingerprint density at radius 2 is 2.05 bits per heavy atom. The second kappa shape index (κ2) is 7.41. The van der Waals surface area contributed by atoms with Crippen molar-refractivity contribution in [2.24, 2.45) is 0 Å². The molecule has 0 saturated heterocycles. The van der Waals surface area contributed by atoms with Crippen LogP contribution in [-0.4, -0.2) is 24.1 Å². The summed E-state index contributed by atoms with van der Waals surface area (Å²) in [7, 11) is 2.20. The highest BCUT2D eigenvalue weighted by atomic mass is 79.9. The summed E-state index contributed by atoms with van der Waals surface area (Å²) in [5.41, 5.74) is 1.28. The van der Waals surface area contributed by atoms with Gasteiger partial charge in [-0.2, -0.15) is 0 Å². The third-order valence-corrected chi connectivity index (χ3v) is 4.50. The van der Waals surface area contributed by atoms with Gasteiger partial charge in [0.15, 0.2) is 0 Å². The van der Waals surface area contributed by atoms with Crippen LogP contribution >= 0.6 is 15.9 Å². The van der Waals surface area contributed by atoms with Crippen LogP contribution in [0, 0.1) is 0 Å². The molecule has 20 heavy (non-hydrogen) atoms. The third-order valence-electron chi connectivity index (χ3n) is 4.07. The number of nitrogens with zero attached hydrogens (tertiary/aromatic N) is 2. The predicted octanol–water partition coefficient (Wildman–Crippen LogP) is 4.11. The zero-order valence-electron chi connectivity index (χ0n) is 12.8. The number of anilines is 1. The molecule has 1 aliphatic carbocycles. The number of hydrogen-bond acceptors (Lipinski definition) is 3. The topological polar surface area (TPSA) is 28.2 Å². The minimum Gasteiger partial charge on any atom is -0.356 e. The number of pyridine rings is 1. The molecular weight excluding hydrogens is 314 g/mol. The van der Waals surface area contributed by atoms with Crippen molar-refractivity contribution >= 4 is 21.7 Å². The van der Waals surface area contributed by atoms with Gasteiger partial charge in [0.2, 0.25) is 0 Å². The Morgan fingerprint density at radius 3 is 2.70 bits per heavy atom. The van der Waals surface area contributed by atoms with E-state index in [1.165, 1.54) is 37.7 Å². The van der Waals surface area contributed by atoms with Crippen molar-refractivity contribution in [3.63, 3.8) is 0 Å². The molecule has 4 heteroatoms. The van der Waals surface area contributed by atoms with Gasteiger partial charge in [-0.3, -0.25) is 0 Å². The lowest BCUT2D eigenvalue weighted by Crippen LogP contribution is -2.35. The van der Waals surface area contributed by atoms with Gasteiger partial charge >= 0.3 is 0 Å². The molecule has 1 heterocycles. The monoisotopic (exact) mass is 339 g/mol. The van der Waals surface area contributed by atoms with Crippen molar-refractivity contribution in [3.05, 3.63) is 22.3 Å². The Morgan fingerprint density at radius 1 is 1.35 bits per heavy atom. The fourth-order valence-corrected chi connectivity index (χ4v) is 3.26. The summed E-state index contributed by atoms with van der Waals surface area (Å²) in [6, 6.07) is 3.33. The van der Waals surface area contributed by atoms with E-state index in [1.54, 1.807) is 0 Å². The molecule has 0 atom stereocenters. The van der Waals surface area contributed by atoms with E-state index in [9.17, 15) is 0 Å². The van der Waals surface area contributed by atoms with Crippen LogP contribution in [0.15, 0.2) is 16.7 Å². The van der Waals surface area contributed by atoms with Crippen LogP contribution in [0.1, 0.15) is 51.5 Å². The first-order chi connectivity index (χ1) is 9.58. The van der Waals surface area contributed by atoms with E-state index in [-0.39, 0.29) is 0 Å². The second-order valence-corrected chi connectivity index (χ2v) is 6.99.